The van der Waals surface area contributed by atoms with E-state index in [1.807, 2.05) is 25.6 Å². The summed E-state index contributed by atoms with van der Waals surface area (Å²) in [6, 6.07) is 2.48. The molecular formula is C13H25N3O. The molecule has 1 N–H and O–H groups in total. The lowest BCUT2D eigenvalue weighted by atomic mass is 10.1. The van der Waals surface area contributed by atoms with Crippen molar-refractivity contribution >= 4 is 0 Å². The molecule has 98 valence electrons. The largest absolute Gasteiger partial charge is 0.377 e. The van der Waals surface area contributed by atoms with E-state index in [4.69, 9.17) is 4.74 Å². The van der Waals surface area contributed by atoms with Crippen molar-refractivity contribution in [2.24, 2.45) is 7.05 Å². The Morgan fingerprint density at radius 1 is 1.47 bits per heavy atom. The molecule has 0 saturated heterocycles. The lowest BCUT2D eigenvalue weighted by Crippen LogP contribution is -2.41. The van der Waals surface area contributed by atoms with Crippen molar-refractivity contribution in [3.63, 3.8) is 0 Å². The Labute approximate surface area is 104 Å². The molecule has 0 bridgehead atoms. The van der Waals surface area contributed by atoms with Gasteiger partial charge in [-0.15, -0.1) is 0 Å². The van der Waals surface area contributed by atoms with Crippen LogP contribution in [0.4, 0.5) is 0 Å². The Bertz CT molecular complexity index is 335. The number of aromatic nitrogens is 2. The number of aryl methyl sites for hydroxylation is 2. The Morgan fingerprint density at radius 3 is 2.65 bits per heavy atom. The van der Waals surface area contributed by atoms with Crippen LogP contribution in [0, 0.1) is 6.92 Å². The van der Waals surface area contributed by atoms with Crippen LogP contribution < -0.4 is 5.32 Å². The zero-order valence-corrected chi connectivity index (χ0v) is 11.7. The highest BCUT2D eigenvalue weighted by Crippen LogP contribution is 2.09. The summed E-state index contributed by atoms with van der Waals surface area (Å²) < 4.78 is 7.64. The van der Waals surface area contributed by atoms with Gasteiger partial charge in [-0.3, -0.25) is 4.68 Å². The average Bonchev–Trinajstić information content (AvgIpc) is 2.57. The maximum absolute atomic E-state index is 5.68. The van der Waals surface area contributed by atoms with Crippen LogP contribution in [-0.2, 0) is 18.2 Å². The highest BCUT2D eigenvalue weighted by Gasteiger charge is 2.18. The van der Waals surface area contributed by atoms with Crippen LogP contribution in [0.5, 0.6) is 0 Å². The molecule has 4 heteroatoms. The van der Waals surface area contributed by atoms with Crippen molar-refractivity contribution in [1.29, 1.82) is 0 Å². The quantitative estimate of drug-likeness (QED) is 0.787. The van der Waals surface area contributed by atoms with E-state index in [-0.39, 0.29) is 6.10 Å². The topological polar surface area (TPSA) is 39.1 Å². The maximum atomic E-state index is 5.68. The van der Waals surface area contributed by atoms with Gasteiger partial charge >= 0.3 is 0 Å². The summed E-state index contributed by atoms with van der Waals surface area (Å²) in [7, 11) is 2.00. The van der Waals surface area contributed by atoms with Crippen LogP contribution in [0.1, 0.15) is 32.2 Å². The van der Waals surface area contributed by atoms with E-state index < -0.39 is 0 Å². The summed E-state index contributed by atoms with van der Waals surface area (Å²) >= 11 is 0. The Morgan fingerprint density at radius 2 is 2.18 bits per heavy atom. The van der Waals surface area contributed by atoms with Crippen molar-refractivity contribution in [2.75, 3.05) is 13.2 Å². The first-order valence-electron chi connectivity index (χ1n) is 6.43. The molecule has 1 heterocycles. The molecule has 4 nitrogen and oxygen atoms in total. The Hall–Kier alpha value is -0.870. The number of rotatable bonds is 7. The van der Waals surface area contributed by atoms with Gasteiger partial charge in [-0.25, -0.2) is 0 Å². The van der Waals surface area contributed by atoms with E-state index in [1.165, 1.54) is 5.69 Å². The van der Waals surface area contributed by atoms with Crippen molar-refractivity contribution in [3.05, 3.63) is 17.5 Å². The first-order chi connectivity index (χ1) is 8.08. The van der Waals surface area contributed by atoms with Crippen molar-refractivity contribution < 1.29 is 4.74 Å². The van der Waals surface area contributed by atoms with Crippen molar-refractivity contribution in [3.8, 4) is 0 Å². The zero-order valence-electron chi connectivity index (χ0n) is 11.7. The SMILES string of the molecule is CCNC(Cc1cc(C)nn1C)C(C)OCC. The second kappa shape index (κ2) is 6.77. The minimum atomic E-state index is 0.218. The van der Waals surface area contributed by atoms with Crippen molar-refractivity contribution in [2.45, 2.75) is 46.3 Å². The average molecular weight is 239 g/mol. The first-order valence-corrected chi connectivity index (χ1v) is 6.43. The number of ether oxygens (including phenoxy) is 1. The number of hydrogen-bond donors (Lipinski definition) is 1. The summed E-state index contributed by atoms with van der Waals surface area (Å²) in [4.78, 5) is 0. The first kappa shape index (κ1) is 14.2. The third kappa shape index (κ3) is 4.13. The van der Waals surface area contributed by atoms with E-state index in [0.29, 0.717) is 6.04 Å². The maximum Gasteiger partial charge on any atom is 0.0703 e. The van der Waals surface area contributed by atoms with Gasteiger partial charge in [0.2, 0.25) is 0 Å². The predicted molar refractivity (Wildman–Crippen MR) is 70.2 cm³/mol. The van der Waals surface area contributed by atoms with Crippen LogP contribution in [-0.4, -0.2) is 35.1 Å². The number of nitrogens with one attached hydrogen (secondary N) is 1. The standard InChI is InChI=1S/C13H25N3O/c1-6-14-13(11(4)17-7-2)9-12-8-10(3)15-16(12)5/h8,11,13-14H,6-7,9H2,1-5H3. The van der Waals surface area contributed by atoms with Crippen LogP contribution >= 0.6 is 0 Å². The van der Waals surface area contributed by atoms with Gasteiger partial charge < -0.3 is 10.1 Å². The van der Waals surface area contributed by atoms with Crippen LogP contribution in [0.15, 0.2) is 6.07 Å². The fourth-order valence-electron chi connectivity index (χ4n) is 2.13. The molecule has 2 atom stereocenters. The van der Waals surface area contributed by atoms with Crippen LogP contribution in [0.3, 0.4) is 0 Å². The summed E-state index contributed by atoms with van der Waals surface area (Å²) in [5.74, 6) is 0. The molecule has 17 heavy (non-hydrogen) atoms. The number of hydrogen-bond acceptors (Lipinski definition) is 3. The molecule has 0 saturated carbocycles. The summed E-state index contributed by atoms with van der Waals surface area (Å²) in [5, 5.41) is 7.86. The molecule has 0 fully saturated rings. The van der Waals surface area contributed by atoms with Crippen LogP contribution in [0.25, 0.3) is 0 Å². The van der Waals surface area contributed by atoms with Gasteiger partial charge in [-0.1, -0.05) is 6.92 Å². The monoisotopic (exact) mass is 239 g/mol. The molecule has 0 radical (unpaired) electrons. The minimum Gasteiger partial charge on any atom is -0.377 e. The van der Waals surface area contributed by atoms with E-state index >= 15 is 0 Å². The fourth-order valence-corrected chi connectivity index (χ4v) is 2.13. The highest BCUT2D eigenvalue weighted by molar-refractivity contribution is 5.10. The molecule has 1 aromatic rings. The summed E-state index contributed by atoms with van der Waals surface area (Å²) in [6.45, 7) is 10.0. The van der Waals surface area contributed by atoms with E-state index in [1.54, 1.807) is 0 Å². The molecule has 0 aliphatic rings. The normalized spacial score (nSPS) is 14.9. The zero-order chi connectivity index (χ0) is 12.8. The van der Waals surface area contributed by atoms with Gasteiger partial charge in [0.05, 0.1) is 11.8 Å². The van der Waals surface area contributed by atoms with E-state index in [2.05, 4.69) is 30.3 Å². The third-order valence-electron chi connectivity index (χ3n) is 2.99. The molecule has 0 aliphatic carbocycles. The van der Waals surface area contributed by atoms with E-state index in [0.717, 1.165) is 25.3 Å². The van der Waals surface area contributed by atoms with Crippen LogP contribution in [0.2, 0.25) is 0 Å². The van der Waals surface area contributed by atoms with Gasteiger partial charge in [-0.05, 0) is 33.4 Å². The second-order valence-corrected chi connectivity index (χ2v) is 4.43. The molecule has 1 aromatic heterocycles. The third-order valence-corrected chi connectivity index (χ3v) is 2.99. The van der Waals surface area contributed by atoms with Gasteiger partial charge in [0, 0.05) is 31.8 Å². The highest BCUT2D eigenvalue weighted by atomic mass is 16.5. The van der Waals surface area contributed by atoms with Crippen molar-refractivity contribution in [1.82, 2.24) is 15.1 Å². The lowest BCUT2D eigenvalue weighted by molar-refractivity contribution is 0.0476. The number of nitrogens with zero attached hydrogens (tertiary/aromatic N) is 2. The molecule has 0 spiro atoms. The minimum absolute atomic E-state index is 0.218. The van der Waals surface area contributed by atoms with Gasteiger partial charge in [0.1, 0.15) is 0 Å². The van der Waals surface area contributed by atoms with Gasteiger partial charge in [0.25, 0.3) is 0 Å². The second-order valence-electron chi connectivity index (χ2n) is 4.43. The summed E-state index contributed by atoms with van der Waals surface area (Å²) in [6.07, 6.45) is 1.17. The number of likely N-dealkylation sites (N-methyl/N-ethyl adjacent to an activating group) is 1. The molecule has 0 amide bonds. The molecule has 0 aliphatic heterocycles. The Kier molecular flexibility index (Phi) is 5.65. The van der Waals surface area contributed by atoms with E-state index in [9.17, 15) is 0 Å². The molecule has 2 unspecified atom stereocenters. The van der Waals surface area contributed by atoms with Gasteiger partial charge in [0.15, 0.2) is 0 Å². The lowest BCUT2D eigenvalue weighted by Gasteiger charge is -2.24. The smallest absolute Gasteiger partial charge is 0.0703 e. The predicted octanol–water partition coefficient (Wildman–Crippen LogP) is 1.67. The molecular weight excluding hydrogens is 214 g/mol. The van der Waals surface area contributed by atoms with Gasteiger partial charge in [-0.2, -0.15) is 5.10 Å². The Balaban J connectivity index is 2.68. The molecule has 1 rings (SSSR count). The molecule has 0 aromatic carbocycles. The fraction of sp³-hybridized carbons (Fsp3) is 0.769. The summed E-state index contributed by atoms with van der Waals surface area (Å²) in [5.41, 5.74) is 2.32.